The van der Waals surface area contributed by atoms with Gasteiger partial charge in [-0.15, -0.1) is 0 Å². The van der Waals surface area contributed by atoms with E-state index in [1.807, 2.05) is 12.1 Å². The maximum Gasteiger partial charge on any atom is 0.318 e. The Morgan fingerprint density at radius 3 is 2.80 bits per heavy atom. The van der Waals surface area contributed by atoms with Crippen LogP contribution >= 0.6 is 23.2 Å². The fourth-order valence-electron chi connectivity index (χ4n) is 6.47. The van der Waals surface area contributed by atoms with E-state index in [-0.39, 0.29) is 18.4 Å². The number of benzene rings is 1. The summed E-state index contributed by atoms with van der Waals surface area (Å²) in [4.78, 5) is 30.8. The molecular weight excluding hydrogens is 561 g/mol. The van der Waals surface area contributed by atoms with Crippen LogP contribution in [0.1, 0.15) is 36.9 Å². The number of nitriles is 1. The van der Waals surface area contributed by atoms with Gasteiger partial charge in [0.25, 0.3) is 0 Å². The first-order chi connectivity index (χ1) is 19.8. The molecule has 3 atom stereocenters. The number of carbonyl (C=O) groups is 1. The summed E-state index contributed by atoms with van der Waals surface area (Å²) in [7, 11) is 4.25. The Morgan fingerprint density at radius 2 is 2.05 bits per heavy atom. The van der Waals surface area contributed by atoms with Gasteiger partial charge in [0, 0.05) is 43.7 Å². The normalized spacial score (nSPS) is 22.4. The van der Waals surface area contributed by atoms with Crippen molar-refractivity contribution < 1.29 is 9.53 Å². The second-order valence-corrected chi connectivity index (χ2v) is 12.0. The first-order valence-electron chi connectivity index (χ1n) is 14.2. The Bertz CT molecular complexity index is 1330. The molecule has 11 heteroatoms. The van der Waals surface area contributed by atoms with E-state index in [0.717, 1.165) is 35.7 Å². The summed E-state index contributed by atoms with van der Waals surface area (Å²) in [6.07, 6.45) is 5.75. The highest BCUT2D eigenvalue weighted by atomic mass is 35.5. The summed E-state index contributed by atoms with van der Waals surface area (Å²) < 4.78 is 6.33. The van der Waals surface area contributed by atoms with E-state index in [0.29, 0.717) is 67.2 Å². The Kier molecular flexibility index (Phi) is 9.22. The molecule has 41 heavy (non-hydrogen) atoms. The molecule has 1 saturated heterocycles. The maximum atomic E-state index is 12.5. The van der Waals surface area contributed by atoms with Crippen molar-refractivity contribution in [1.29, 1.82) is 5.26 Å². The van der Waals surface area contributed by atoms with Gasteiger partial charge >= 0.3 is 6.01 Å². The molecule has 1 aromatic carbocycles. The molecule has 2 aliphatic heterocycles. The van der Waals surface area contributed by atoms with Crippen LogP contribution in [0.15, 0.2) is 30.9 Å². The van der Waals surface area contributed by atoms with E-state index in [9.17, 15) is 10.1 Å². The number of halogens is 2. The van der Waals surface area contributed by atoms with Gasteiger partial charge in [-0.25, -0.2) is 0 Å². The summed E-state index contributed by atoms with van der Waals surface area (Å²) in [5.74, 6) is 1.09. The largest absolute Gasteiger partial charge is 0.463 e. The van der Waals surface area contributed by atoms with Crippen molar-refractivity contribution in [3.05, 3.63) is 52.2 Å². The first kappa shape index (κ1) is 29.4. The summed E-state index contributed by atoms with van der Waals surface area (Å²) in [6.45, 7) is 7.06. The Morgan fingerprint density at radius 1 is 1.22 bits per heavy atom. The van der Waals surface area contributed by atoms with Gasteiger partial charge in [-0.3, -0.25) is 4.79 Å². The third-order valence-electron chi connectivity index (χ3n) is 8.57. The van der Waals surface area contributed by atoms with Crippen LogP contribution in [-0.2, 0) is 17.8 Å². The standard InChI is InChI=1S/C30H37Cl2N7O2/c1-4-27(40)39-16-15-38(17-21(39)11-13-33)29-22-12-14-37(26-10-6-8-23(31)28(26)32)18-24(22)34-30(35-29)41-19-20-7-5-9-25(20)36(2)3/h4,6,8,10,20-21,25H,1,5,7,9,11-12,14-19H2,2-3H3. The monoisotopic (exact) mass is 597 g/mol. The predicted octanol–water partition coefficient (Wildman–Crippen LogP) is 4.57. The fourth-order valence-corrected chi connectivity index (χ4v) is 6.88. The molecular formula is C30H37Cl2N7O2. The second-order valence-electron chi connectivity index (χ2n) is 11.2. The number of amides is 1. The van der Waals surface area contributed by atoms with Crippen LogP contribution in [0.3, 0.4) is 0 Å². The van der Waals surface area contributed by atoms with E-state index in [1.165, 1.54) is 18.9 Å². The van der Waals surface area contributed by atoms with E-state index < -0.39 is 0 Å². The summed E-state index contributed by atoms with van der Waals surface area (Å²) in [5.41, 5.74) is 2.83. The van der Waals surface area contributed by atoms with Crippen LogP contribution in [0.2, 0.25) is 10.0 Å². The molecule has 5 rings (SSSR count). The van der Waals surface area contributed by atoms with E-state index >= 15 is 0 Å². The minimum atomic E-state index is -0.251. The average Bonchev–Trinajstić information content (AvgIpc) is 3.46. The third-order valence-corrected chi connectivity index (χ3v) is 9.38. The predicted molar refractivity (Wildman–Crippen MR) is 162 cm³/mol. The lowest BCUT2D eigenvalue weighted by Gasteiger charge is -2.42. The van der Waals surface area contributed by atoms with E-state index in [4.69, 9.17) is 37.9 Å². The highest BCUT2D eigenvalue weighted by Gasteiger charge is 2.34. The van der Waals surface area contributed by atoms with Gasteiger partial charge in [-0.2, -0.15) is 15.2 Å². The molecule has 9 nitrogen and oxygen atoms in total. The van der Waals surface area contributed by atoms with Gasteiger partial charge in [0.05, 0.1) is 53.1 Å². The first-order valence-corrected chi connectivity index (χ1v) is 15.0. The van der Waals surface area contributed by atoms with Crippen molar-refractivity contribution in [3.8, 4) is 12.1 Å². The van der Waals surface area contributed by atoms with Crippen molar-refractivity contribution in [1.82, 2.24) is 19.8 Å². The van der Waals surface area contributed by atoms with Crippen LogP contribution in [0, 0.1) is 17.2 Å². The molecule has 218 valence electrons. The minimum Gasteiger partial charge on any atom is -0.463 e. The molecule has 1 amide bonds. The zero-order valence-corrected chi connectivity index (χ0v) is 25.2. The molecule has 2 aromatic rings. The third kappa shape index (κ3) is 6.25. The highest BCUT2D eigenvalue weighted by Crippen LogP contribution is 2.37. The van der Waals surface area contributed by atoms with E-state index in [1.54, 1.807) is 11.0 Å². The van der Waals surface area contributed by atoms with Crippen LogP contribution < -0.4 is 14.5 Å². The SMILES string of the molecule is C=CC(=O)N1CCN(c2nc(OCC3CCCC3N(C)C)nc3c2CCN(c2cccc(Cl)c2Cl)C3)CC1CC#N. The van der Waals surface area contributed by atoms with Crippen LogP contribution in [-0.4, -0.2) is 84.6 Å². The number of rotatable bonds is 8. The molecule has 1 saturated carbocycles. The number of hydrogen-bond acceptors (Lipinski definition) is 8. The lowest BCUT2D eigenvalue weighted by atomic mass is 10.0. The molecule has 0 N–H and O–H groups in total. The van der Waals surface area contributed by atoms with Crippen molar-refractivity contribution in [2.45, 2.75) is 50.7 Å². The van der Waals surface area contributed by atoms with Gasteiger partial charge in [0.15, 0.2) is 0 Å². The molecule has 1 aromatic heterocycles. The molecule has 3 unspecified atom stereocenters. The number of hydrogen-bond donors (Lipinski definition) is 0. The number of anilines is 2. The summed E-state index contributed by atoms with van der Waals surface area (Å²) in [5, 5.41) is 10.5. The van der Waals surface area contributed by atoms with Crippen LogP contribution in [0.5, 0.6) is 6.01 Å². The topological polar surface area (TPSA) is 88.8 Å². The molecule has 0 radical (unpaired) electrons. The van der Waals surface area contributed by atoms with Gasteiger partial charge in [0.1, 0.15) is 5.82 Å². The van der Waals surface area contributed by atoms with Gasteiger partial charge in [-0.1, -0.05) is 42.3 Å². The number of piperazine rings is 1. The molecule has 3 aliphatic rings. The van der Waals surface area contributed by atoms with Gasteiger partial charge < -0.3 is 24.3 Å². The van der Waals surface area contributed by atoms with Crippen molar-refractivity contribution in [2.24, 2.45) is 5.92 Å². The zero-order valence-electron chi connectivity index (χ0n) is 23.7. The van der Waals surface area contributed by atoms with Crippen molar-refractivity contribution >= 4 is 40.6 Å². The van der Waals surface area contributed by atoms with Crippen molar-refractivity contribution in [3.63, 3.8) is 0 Å². The molecule has 0 spiro atoms. The summed E-state index contributed by atoms with van der Waals surface area (Å²) >= 11 is 12.9. The highest BCUT2D eigenvalue weighted by molar-refractivity contribution is 6.43. The van der Waals surface area contributed by atoms with Crippen LogP contribution in [0.4, 0.5) is 11.5 Å². The number of carbonyl (C=O) groups excluding carboxylic acids is 1. The Balaban J connectivity index is 1.46. The number of nitrogens with zero attached hydrogens (tertiary/aromatic N) is 7. The van der Waals surface area contributed by atoms with Crippen LogP contribution in [0.25, 0.3) is 0 Å². The maximum absolute atomic E-state index is 12.5. The average molecular weight is 599 g/mol. The number of aromatic nitrogens is 2. The van der Waals surface area contributed by atoms with Gasteiger partial charge in [-0.05, 0) is 51.6 Å². The summed E-state index contributed by atoms with van der Waals surface area (Å²) in [6, 6.07) is 8.51. The number of fused-ring (bicyclic) bond motifs is 1. The number of ether oxygens (including phenoxy) is 1. The lowest BCUT2D eigenvalue weighted by Crippen LogP contribution is -2.55. The second kappa shape index (κ2) is 12.8. The zero-order chi connectivity index (χ0) is 29.1. The fraction of sp³-hybridized carbons (Fsp3) is 0.533. The Hall–Kier alpha value is -3.06. The lowest BCUT2D eigenvalue weighted by molar-refractivity contribution is -0.128. The Labute approximate surface area is 252 Å². The molecule has 3 heterocycles. The smallest absolute Gasteiger partial charge is 0.318 e. The molecule has 1 aliphatic carbocycles. The molecule has 0 bridgehead atoms. The minimum absolute atomic E-state index is 0.153. The molecule has 2 fully saturated rings. The quantitative estimate of drug-likeness (QED) is 0.409. The van der Waals surface area contributed by atoms with Gasteiger partial charge in [0.2, 0.25) is 5.91 Å². The van der Waals surface area contributed by atoms with E-state index in [2.05, 4.69) is 41.4 Å². The van der Waals surface area contributed by atoms with Crippen molar-refractivity contribution in [2.75, 3.05) is 56.7 Å².